The highest BCUT2D eigenvalue weighted by Crippen LogP contribution is 2.32. The predicted octanol–water partition coefficient (Wildman–Crippen LogP) is 3.01. The molecule has 8 heteroatoms. The first-order valence-electron chi connectivity index (χ1n) is 5.38. The molecule has 0 amide bonds. The van der Waals surface area contributed by atoms with Crippen LogP contribution < -0.4 is 4.74 Å². The number of hydrogen-bond donors (Lipinski definition) is 0. The van der Waals surface area contributed by atoms with Crippen LogP contribution in [0.1, 0.15) is 11.3 Å². The quantitative estimate of drug-likeness (QED) is 0.489. The van der Waals surface area contributed by atoms with Crippen LogP contribution in [0.25, 0.3) is 0 Å². The number of nitro groups is 1. The number of nitrogens with zero attached hydrogens (tertiary/aromatic N) is 4. The van der Waals surface area contributed by atoms with E-state index in [2.05, 4.69) is 9.97 Å². The van der Waals surface area contributed by atoms with Crippen LogP contribution in [0, 0.1) is 28.4 Å². The predicted molar refractivity (Wildman–Crippen MR) is 69.7 cm³/mol. The van der Waals surface area contributed by atoms with Gasteiger partial charge in [-0.2, -0.15) is 10.2 Å². The molecule has 1 heterocycles. The van der Waals surface area contributed by atoms with E-state index in [-0.39, 0.29) is 22.5 Å². The Bertz CT molecular complexity index is 710. The molecule has 0 N–H and O–H groups in total. The minimum atomic E-state index is -0.634. The van der Waals surface area contributed by atoms with Gasteiger partial charge in [0.25, 0.3) is 0 Å². The lowest BCUT2D eigenvalue weighted by molar-refractivity contribution is -0.386. The second-order valence-corrected chi connectivity index (χ2v) is 4.07. The van der Waals surface area contributed by atoms with Gasteiger partial charge >= 0.3 is 11.6 Å². The van der Waals surface area contributed by atoms with Crippen molar-refractivity contribution in [1.29, 1.82) is 5.26 Å². The summed E-state index contributed by atoms with van der Waals surface area (Å²) in [5.74, 6) is 0.0680. The summed E-state index contributed by atoms with van der Waals surface area (Å²) in [6.07, 6.45) is 0. The van der Waals surface area contributed by atoms with Crippen molar-refractivity contribution >= 4 is 17.3 Å². The maximum Gasteiger partial charge on any atom is 0.352 e. The Balaban J connectivity index is 2.42. The molecule has 1 aromatic carbocycles. The summed E-state index contributed by atoms with van der Waals surface area (Å²) in [7, 11) is 0. The van der Waals surface area contributed by atoms with Gasteiger partial charge in [-0.1, -0.05) is 0 Å². The molecule has 0 aliphatic heterocycles. The first-order valence-corrected chi connectivity index (χ1v) is 5.75. The molecule has 2 aromatic rings. The lowest BCUT2D eigenvalue weighted by Gasteiger charge is -2.06. The molecular weight excluding hydrogens is 284 g/mol. The number of aryl methyl sites for hydroxylation is 1. The molecule has 0 fully saturated rings. The second-order valence-electron chi connectivity index (χ2n) is 3.73. The average Bonchev–Trinajstić information content (AvgIpc) is 2.38. The van der Waals surface area contributed by atoms with Gasteiger partial charge in [-0.05, 0) is 42.8 Å². The van der Waals surface area contributed by atoms with Gasteiger partial charge in [0.1, 0.15) is 11.4 Å². The standard InChI is InChI=1S/C12H7ClN4O3/c1-7-10(17(18)19)11(16-12(13)15-7)20-9-4-2-8(6-14)3-5-9/h2-5H,1H3. The van der Waals surface area contributed by atoms with Crippen molar-refractivity contribution in [3.05, 3.63) is 50.9 Å². The van der Waals surface area contributed by atoms with E-state index in [0.29, 0.717) is 11.3 Å². The SMILES string of the molecule is Cc1nc(Cl)nc(Oc2ccc(C#N)cc2)c1[N+](=O)[O-]. The monoisotopic (exact) mass is 290 g/mol. The van der Waals surface area contributed by atoms with Gasteiger partial charge in [-0.25, -0.2) is 4.98 Å². The van der Waals surface area contributed by atoms with Crippen molar-refractivity contribution in [1.82, 2.24) is 9.97 Å². The minimum absolute atomic E-state index is 0.110. The average molecular weight is 291 g/mol. The molecule has 0 aliphatic rings. The van der Waals surface area contributed by atoms with Gasteiger partial charge in [0.2, 0.25) is 5.28 Å². The van der Waals surface area contributed by atoms with Gasteiger partial charge in [0.05, 0.1) is 16.6 Å². The molecule has 0 unspecified atom stereocenters. The maximum atomic E-state index is 11.0. The topological polar surface area (TPSA) is 102 Å². The van der Waals surface area contributed by atoms with Crippen molar-refractivity contribution in [3.63, 3.8) is 0 Å². The van der Waals surface area contributed by atoms with Crippen molar-refractivity contribution < 1.29 is 9.66 Å². The van der Waals surface area contributed by atoms with Crippen molar-refractivity contribution in [2.24, 2.45) is 0 Å². The summed E-state index contributed by atoms with van der Waals surface area (Å²) in [4.78, 5) is 17.8. The summed E-state index contributed by atoms with van der Waals surface area (Å²) in [6, 6.07) is 8.02. The molecule has 2 rings (SSSR count). The molecule has 0 radical (unpaired) electrons. The molecule has 0 aliphatic carbocycles. The number of aromatic nitrogens is 2. The Labute approximate surface area is 118 Å². The first-order chi connectivity index (χ1) is 9.51. The van der Waals surface area contributed by atoms with E-state index in [9.17, 15) is 10.1 Å². The van der Waals surface area contributed by atoms with Crippen LogP contribution >= 0.6 is 11.6 Å². The van der Waals surface area contributed by atoms with Gasteiger partial charge in [0.15, 0.2) is 0 Å². The summed E-state index contributed by atoms with van der Waals surface area (Å²) >= 11 is 5.67. The van der Waals surface area contributed by atoms with Crippen molar-refractivity contribution in [2.75, 3.05) is 0 Å². The van der Waals surface area contributed by atoms with Crippen LogP contribution in [-0.4, -0.2) is 14.9 Å². The largest absolute Gasteiger partial charge is 0.434 e. The lowest BCUT2D eigenvalue weighted by atomic mass is 10.2. The molecule has 0 saturated heterocycles. The van der Waals surface area contributed by atoms with E-state index in [1.807, 2.05) is 6.07 Å². The molecule has 0 atom stereocenters. The molecule has 20 heavy (non-hydrogen) atoms. The van der Waals surface area contributed by atoms with E-state index in [0.717, 1.165) is 0 Å². The van der Waals surface area contributed by atoms with Crippen LogP contribution in [0.5, 0.6) is 11.6 Å². The number of rotatable bonds is 3. The maximum absolute atomic E-state index is 11.0. The highest BCUT2D eigenvalue weighted by molar-refractivity contribution is 6.28. The fourth-order valence-electron chi connectivity index (χ4n) is 1.50. The van der Waals surface area contributed by atoms with E-state index in [1.54, 1.807) is 0 Å². The van der Waals surface area contributed by atoms with E-state index >= 15 is 0 Å². The van der Waals surface area contributed by atoms with Crippen molar-refractivity contribution in [3.8, 4) is 17.7 Å². The summed E-state index contributed by atoms with van der Waals surface area (Å²) in [5.41, 5.74) is 0.209. The number of halogens is 1. The first kappa shape index (κ1) is 13.7. The third-order valence-electron chi connectivity index (χ3n) is 2.38. The van der Waals surface area contributed by atoms with Crippen LogP contribution in [0.3, 0.4) is 0 Å². The Morgan fingerprint density at radius 2 is 2.00 bits per heavy atom. The van der Waals surface area contributed by atoms with Crippen LogP contribution in [0.2, 0.25) is 5.28 Å². The van der Waals surface area contributed by atoms with Crippen LogP contribution in [0.15, 0.2) is 24.3 Å². The molecule has 0 saturated carbocycles. The number of hydrogen-bond acceptors (Lipinski definition) is 6. The Hall–Kier alpha value is -2.72. The summed E-state index contributed by atoms with van der Waals surface area (Å²) < 4.78 is 5.35. The Morgan fingerprint density at radius 3 is 2.55 bits per heavy atom. The minimum Gasteiger partial charge on any atom is -0.434 e. The third-order valence-corrected chi connectivity index (χ3v) is 2.55. The smallest absolute Gasteiger partial charge is 0.352 e. The normalized spacial score (nSPS) is 9.85. The fraction of sp³-hybridized carbons (Fsp3) is 0.0833. The highest BCUT2D eigenvalue weighted by atomic mass is 35.5. The lowest BCUT2D eigenvalue weighted by Crippen LogP contribution is -2.01. The number of benzene rings is 1. The highest BCUT2D eigenvalue weighted by Gasteiger charge is 2.23. The van der Waals surface area contributed by atoms with Gasteiger partial charge < -0.3 is 4.74 Å². The zero-order valence-electron chi connectivity index (χ0n) is 10.2. The van der Waals surface area contributed by atoms with E-state index < -0.39 is 4.92 Å². The molecule has 0 spiro atoms. The number of nitriles is 1. The Kier molecular flexibility index (Phi) is 3.77. The van der Waals surface area contributed by atoms with Crippen LogP contribution in [-0.2, 0) is 0 Å². The summed E-state index contributed by atoms with van der Waals surface area (Å²) in [5, 5.41) is 19.6. The van der Waals surface area contributed by atoms with Crippen molar-refractivity contribution in [2.45, 2.75) is 6.92 Å². The second kappa shape index (κ2) is 5.50. The van der Waals surface area contributed by atoms with Crippen LogP contribution in [0.4, 0.5) is 5.69 Å². The zero-order chi connectivity index (χ0) is 14.7. The van der Waals surface area contributed by atoms with E-state index in [4.69, 9.17) is 21.6 Å². The Morgan fingerprint density at radius 1 is 1.35 bits per heavy atom. The zero-order valence-corrected chi connectivity index (χ0v) is 11.0. The van der Waals surface area contributed by atoms with E-state index in [1.165, 1.54) is 31.2 Å². The van der Waals surface area contributed by atoms with Gasteiger partial charge in [-0.15, -0.1) is 0 Å². The third kappa shape index (κ3) is 2.81. The fourth-order valence-corrected chi connectivity index (χ4v) is 1.70. The number of ether oxygens (including phenoxy) is 1. The molecule has 100 valence electrons. The van der Waals surface area contributed by atoms with Gasteiger partial charge in [0, 0.05) is 0 Å². The molecule has 0 bridgehead atoms. The molecule has 7 nitrogen and oxygen atoms in total. The van der Waals surface area contributed by atoms with Gasteiger partial charge in [-0.3, -0.25) is 10.1 Å². The molecular formula is C12H7ClN4O3. The summed E-state index contributed by atoms with van der Waals surface area (Å²) in [6.45, 7) is 1.44. The molecule has 1 aromatic heterocycles.